The van der Waals surface area contributed by atoms with E-state index in [4.69, 9.17) is 0 Å². The molecule has 2 amide bonds. The quantitative estimate of drug-likeness (QED) is 0.752. The second kappa shape index (κ2) is 6.11. The van der Waals surface area contributed by atoms with Crippen molar-refractivity contribution in [2.75, 3.05) is 36.4 Å². The number of nitrogens with zero attached hydrogens (tertiary/aromatic N) is 7. The Morgan fingerprint density at radius 3 is 2.62 bits per heavy atom. The first kappa shape index (κ1) is 14.4. The summed E-state index contributed by atoms with van der Waals surface area (Å²) < 4.78 is 1.76. The van der Waals surface area contributed by atoms with E-state index in [0.29, 0.717) is 31.8 Å². The lowest BCUT2D eigenvalue weighted by Crippen LogP contribution is -2.50. The van der Waals surface area contributed by atoms with Crippen LogP contribution in [0, 0.1) is 0 Å². The molecule has 0 atom stereocenters. The van der Waals surface area contributed by atoms with Crippen molar-refractivity contribution in [2.24, 2.45) is 0 Å². The highest BCUT2D eigenvalue weighted by Crippen LogP contribution is 2.16. The first-order chi connectivity index (χ1) is 11.8. The van der Waals surface area contributed by atoms with E-state index in [-0.39, 0.29) is 6.03 Å². The molecule has 0 aliphatic carbocycles. The Labute approximate surface area is 138 Å². The number of amides is 2. The topological polar surface area (TPSA) is 91.5 Å². The normalized spacial score (nSPS) is 14.8. The van der Waals surface area contributed by atoms with Crippen LogP contribution in [-0.2, 0) is 0 Å². The van der Waals surface area contributed by atoms with Crippen molar-refractivity contribution in [1.29, 1.82) is 0 Å². The van der Waals surface area contributed by atoms with Gasteiger partial charge in [0.1, 0.15) is 6.33 Å². The first-order valence-corrected chi connectivity index (χ1v) is 7.66. The number of aromatic nitrogens is 5. The molecule has 0 radical (unpaired) electrons. The minimum atomic E-state index is -0.0991. The summed E-state index contributed by atoms with van der Waals surface area (Å²) >= 11 is 0. The second-order valence-corrected chi connectivity index (χ2v) is 5.44. The van der Waals surface area contributed by atoms with E-state index < -0.39 is 0 Å². The summed E-state index contributed by atoms with van der Waals surface area (Å²) in [6, 6.07) is 3.44. The highest BCUT2D eigenvalue weighted by Gasteiger charge is 2.23. The van der Waals surface area contributed by atoms with Crippen LogP contribution >= 0.6 is 0 Å². The zero-order chi connectivity index (χ0) is 16.4. The highest BCUT2D eigenvalue weighted by molar-refractivity contribution is 5.89. The van der Waals surface area contributed by atoms with Crippen LogP contribution in [0.3, 0.4) is 0 Å². The second-order valence-electron chi connectivity index (χ2n) is 5.44. The molecule has 0 saturated carbocycles. The lowest BCUT2D eigenvalue weighted by atomic mass is 10.3. The van der Waals surface area contributed by atoms with Crippen LogP contribution in [-0.4, -0.2) is 61.7 Å². The molecule has 1 saturated heterocycles. The molecule has 4 rings (SSSR count). The highest BCUT2D eigenvalue weighted by atomic mass is 16.2. The molecule has 1 N–H and O–H groups in total. The van der Waals surface area contributed by atoms with Gasteiger partial charge in [-0.25, -0.2) is 9.78 Å². The summed E-state index contributed by atoms with van der Waals surface area (Å²) in [5.74, 6) is 0.888. The smallest absolute Gasteiger partial charge is 0.321 e. The van der Waals surface area contributed by atoms with Crippen molar-refractivity contribution in [3.63, 3.8) is 0 Å². The fourth-order valence-electron chi connectivity index (χ4n) is 2.73. The van der Waals surface area contributed by atoms with Crippen molar-refractivity contribution >= 4 is 23.2 Å². The predicted octanol–water partition coefficient (Wildman–Crippen LogP) is 0.873. The number of carbonyl (C=O) groups is 1. The third-order valence-corrected chi connectivity index (χ3v) is 3.99. The van der Waals surface area contributed by atoms with Gasteiger partial charge in [0.25, 0.3) is 0 Å². The first-order valence-electron chi connectivity index (χ1n) is 7.66. The Kier molecular flexibility index (Phi) is 3.66. The van der Waals surface area contributed by atoms with Crippen molar-refractivity contribution in [3.8, 4) is 0 Å². The number of hydrogen-bond acceptors (Lipinski definition) is 6. The van der Waals surface area contributed by atoms with E-state index in [1.165, 1.54) is 6.33 Å². The summed E-state index contributed by atoms with van der Waals surface area (Å²) in [6.07, 6.45) is 8.26. The van der Waals surface area contributed by atoms with Crippen molar-refractivity contribution in [2.45, 2.75) is 0 Å². The van der Waals surface area contributed by atoms with E-state index in [9.17, 15) is 4.79 Å². The zero-order valence-corrected chi connectivity index (χ0v) is 12.9. The molecule has 0 bridgehead atoms. The molecule has 0 aromatic carbocycles. The number of hydrogen-bond donors (Lipinski definition) is 1. The molecule has 0 unspecified atom stereocenters. The van der Waals surface area contributed by atoms with Crippen molar-refractivity contribution in [3.05, 3.63) is 43.2 Å². The molecule has 4 heterocycles. The molecule has 9 heteroatoms. The van der Waals surface area contributed by atoms with Crippen LogP contribution < -0.4 is 10.2 Å². The molecule has 1 fully saturated rings. The van der Waals surface area contributed by atoms with E-state index in [0.717, 1.165) is 11.5 Å². The van der Waals surface area contributed by atoms with E-state index in [2.05, 4.69) is 30.3 Å². The Hall–Kier alpha value is -3.23. The number of urea groups is 1. The summed E-state index contributed by atoms with van der Waals surface area (Å²) in [6.45, 7) is 2.68. The predicted molar refractivity (Wildman–Crippen MR) is 87.8 cm³/mol. The van der Waals surface area contributed by atoms with Crippen LogP contribution in [0.2, 0.25) is 0 Å². The van der Waals surface area contributed by atoms with Crippen LogP contribution in [0.1, 0.15) is 0 Å². The number of anilines is 2. The molecule has 3 aromatic heterocycles. The summed E-state index contributed by atoms with van der Waals surface area (Å²) in [5, 5.41) is 7.11. The number of nitrogens with one attached hydrogen (secondary N) is 1. The monoisotopic (exact) mass is 324 g/mol. The minimum Gasteiger partial charge on any atom is -0.352 e. The number of rotatable bonds is 2. The average Bonchev–Trinajstić information content (AvgIpc) is 3.11. The van der Waals surface area contributed by atoms with E-state index in [1.54, 1.807) is 46.3 Å². The maximum Gasteiger partial charge on any atom is 0.321 e. The van der Waals surface area contributed by atoms with Gasteiger partial charge in [-0.3, -0.25) is 9.97 Å². The fraction of sp³-hybridized carbons (Fsp3) is 0.267. The molecule has 1 aliphatic heterocycles. The molecular formula is C15H16N8O. The van der Waals surface area contributed by atoms with Crippen LogP contribution in [0.15, 0.2) is 43.2 Å². The van der Waals surface area contributed by atoms with Gasteiger partial charge in [-0.1, -0.05) is 0 Å². The van der Waals surface area contributed by atoms with Gasteiger partial charge in [0.05, 0.1) is 12.4 Å². The van der Waals surface area contributed by atoms with Crippen LogP contribution in [0.25, 0.3) is 5.65 Å². The lowest BCUT2D eigenvalue weighted by Gasteiger charge is -2.35. The third-order valence-electron chi connectivity index (χ3n) is 3.99. The number of piperazine rings is 1. The van der Waals surface area contributed by atoms with Crippen molar-refractivity contribution in [1.82, 2.24) is 29.5 Å². The summed E-state index contributed by atoms with van der Waals surface area (Å²) in [4.78, 5) is 28.6. The fourth-order valence-corrected chi connectivity index (χ4v) is 2.73. The van der Waals surface area contributed by atoms with Gasteiger partial charge in [-0.15, -0.1) is 0 Å². The Balaban J connectivity index is 1.41. The summed E-state index contributed by atoms with van der Waals surface area (Å²) in [7, 11) is 0. The van der Waals surface area contributed by atoms with E-state index in [1.807, 2.05) is 0 Å². The standard InChI is InChI=1S/C15H16N8O/c24-15(20-12-1-3-16-4-2-12)22-7-5-21(6-8-22)14-10-17-9-13-18-11-19-23(13)14/h1-4,9-11H,5-8H2,(H,16,20,24). The maximum absolute atomic E-state index is 12.3. The molecule has 3 aromatic rings. The third kappa shape index (κ3) is 2.71. The lowest BCUT2D eigenvalue weighted by molar-refractivity contribution is 0.208. The Bertz CT molecular complexity index is 841. The molecule has 24 heavy (non-hydrogen) atoms. The van der Waals surface area contributed by atoms with E-state index >= 15 is 0 Å². The average molecular weight is 324 g/mol. The molecular weight excluding hydrogens is 308 g/mol. The number of fused-ring (bicyclic) bond motifs is 1. The minimum absolute atomic E-state index is 0.0991. The van der Waals surface area contributed by atoms with Crippen molar-refractivity contribution < 1.29 is 4.79 Å². The Morgan fingerprint density at radius 2 is 1.83 bits per heavy atom. The van der Waals surface area contributed by atoms with Gasteiger partial charge < -0.3 is 15.1 Å². The Morgan fingerprint density at radius 1 is 1.04 bits per heavy atom. The zero-order valence-electron chi connectivity index (χ0n) is 12.9. The molecule has 122 valence electrons. The van der Waals surface area contributed by atoms with Gasteiger partial charge >= 0.3 is 6.03 Å². The van der Waals surface area contributed by atoms with Gasteiger partial charge in [-0.05, 0) is 12.1 Å². The van der Waals surface area contributed by atoms with Gasteiger partial charge in [0.2, 0.25) is 0 Å². The SMILES string of the molecule is O=C(Nc1ccncc1)N1CCN(c2cncc3ncnn23)CC1. The molecule has 0 spiro atoms. The van der Waals surface area contributed by atoms with Crippen LogP contribution in [0.5, 0.6) is 0 Å². The number of carbonyl (C=O) groups excluding carboxylic acids is 1. The van der Waals surface area contributed by atoms with Gasteiger partial charge in [0.15, 0.2) is 11.5 Å². The molecule has 9 nitrogen and oxygen atoms in total. The summed E-state index contributed by atoms with van der Waals surface area (Å²) in [5.41, 5.74) is 1.46. The van der Waals surface area contributed by atoms with Crippen LogP contribution in [0.4, 0.5) is 16.3 Å². The van der Waals surface area contributed by atoms with Gasteiger partial charge in [0, 0.05) is 44.3 Å². The largest absolute Gasteiger partial charge is 0.352 e. The molecule has 1 aliphatic rings. The van der Waals surface area contributed by atoms with Gasteiger partial charge in [-0.2, -0.15) is 9.61 Å². The number of pyridine rings is 1. The maximum atomic E-state index is 12.3.